The normalized spacial score (nSPS) is 18.2. The zero-order valence-electron chi connectivity index (χ0n) is 30.1. The largest absolute Gasteiger partial charge is 0.497 e. The molecule has 4 atom stereocenters. The molecule has 2 aromatic heterocycles. The monoisotopic (exact) mass is 735 g/mol. The number of methoxy groups -OCH3 is 1. The Bertz CT molecular complexity index is 2050. The molecule has 0 spiro atoms. The number of ketones is 2. The lowest BCUT2D eigenvalue weighted by Gasteiger charge is -2.37. The molecule has 14 nitrogen and oxygen atoms in total. The van der Waals surface area contributed by atoms with Gasteiger partial charge in [-0.25, -0.2) is 15.0 Å². The van der Waals surface area contributed by atoms with Crippen LogP contribution in [0.5, 0.6) is 5.75 Å². The third-order valence-electron chi connectivity index (χ3n) is 9.24. The summed E-state index contributed by atoms with van der Waals surface area (Å²) < 4.78 is 24.7. The number of Topliss-reactive ketones (excluding diaryl/α,β-unsaturated/α-hetero) is 2. The maximum Gasteiger partial charge on any atom is 0.306 e. The van der Waals surface area contributed by atoms with Crippen LogP contribution >= 0.6 is 0 Å². The van der Waals surface area contributed by atoms with E-state index in [9.17, 15) is 24.3 Å². The molecule has 2 N–H and O–H groups in total. The number of esters is 2. The highest BCUT2D eigenvalue weighted by Gasteiger charge is 2.51. The Morgan fingerprint density at radius 3 is 1.85 bits per heavy atom. The molecule has 280 valence electrons. The van der Waals surface area contributed by atoms with Gasteiger partial charge in [0, 0.05) is 12.8 Å². The van der Waals surface area contributed by atoms with E-state index in [-0.39, 0.29) is 42.9 Å². The van der Waals surface area contributed by atoms with Gasteiger partial charge in [0.05, 0.1) is 32.9 Å². The number of aliphatic hydroxyl groups excluding tert-OH is 1. The van der Waals surface area contributed by atoms with Gasteiger partial charge in [-0.1, -0.05) is 72.8 Å². The second-order valence-corrected chi connectivity index (χ2v) is 12.9. The number of hydrogen-bond donors (Lipinski definition) is 2. The smallest absolute Gasteiger partial charge is 0.306 e. The first kappa shape index (κ1) is 37.8. The van der Waals surface area contributed by atoms with Crippen molar-refractivity contribution in [1.29, 1.82) is 0 Å². The van der Waals surface area contributed by atoms with Crippen LogP contribution in [-0.4, -0.2) is 80.2 Å². The zero-order valence-corrected chi connectivity index (χ0v) is 30.1. The molecule has 54 heavy (non-hydrogen) atoms. The lowest BCUT2D eigenvalue weighted by atomic mass is 9.77. The number of rotatable bonds is 16. The number of nitrogens with one attached hydrogen (secondary N) is 1. The molecule has 0 aliphatic carbocycles. The molecular weight excluding hydrogens is 694 g/mol. The molecule has 0 radical (unpaired) electrons. The van der Waals surface area contributed by atoms with Gasteiger partial charge in [0.2, 0.25) is 0 Å². The minimum atomic E-state index is -1.28. The first-order valence-electron chi connectivity index (χ1n) is 17.5. The Balaban J connectivity index is 1.44. The van der Waals surface area contributed by atoms with Crippen LogP contribution in [0.4, 0.5) is 5.82 Å². The molecule has 1 aliphatic rings. The van der Waals surface area contributed by atoms with Crippen molar-refractivity contribution >= 4 is 40.5 Å². The summed E-state index contributed by atoms with van der Waals surface area (Å²) >= 11 is 0. The standard InChI is InChI=1S/C40H41N5O9/c1-25(47)14-20-32(49)53-35-31(22-46)52-39(36(35)54-33(50)21-15-26(2)48)45-24-43-34-37(41-23-42-38(34)45)44-40(27-10-6-4-7-11-27,28-12-8-5-9-13-28)29-16-18-30(51-3)19-17-29/h4-13,16-19,23-24,31,35-36,39,46H,14-15,20-22H2,1-3H3,(H,41,42,44)/t31-,35-,36-,39-/m1/s1. The molecule has 1 saturated heterocycles. The molecule has 5 aromatic rings. The number of nitrogens with zero attached hydrogens (tertiary/aromatic N) is 4. The highest BCUT2D eigenvalue weighted by molar-refractivity contribution is 5.85. The van der Waals surface area contributed by atoms with Gasteiger partial charge in [0.1, 0.15) is 35.3 Å². The first-order chi connectivity index (χ1) is 26.1. The van der Waals surface area contributed by atoms with Crippen LogP contribution in [-0.2, 0) is 38.9 Å². The van der Waals surface area contributed by atoms with E-state index in [1.165, 1.54) is 31.1 Å². The van der Waals surface area contributed by atoms with Crippen molar-refractivity contribution < 1.29 is 43.2 Å². The number of ether oxygens (including phenoxy) is 4. The Morgan fingerprint density at radius 1 is 0.759 bits per heavy atom. The van der Waals surface area contributed by atoms with Crippen LogP contribution < -0.4 is 10.1 Å². The maximum absolute atomic E-state index is 13.0. The second-order valence-electron chi connectivity index (χ2n) is 12.9. The van der Waals surface area contributed by atoms with E-state index in [1.54, 1.807) is 7.11 Å². The van der Waals surface area contributed by atoms with Crippen LogP contribution in [0.15, 0.2) is 97.6 Å². The number of hydrogen-bond acceptors (Lipinski definition) is 13. The number of aromatic nitrogens is 4. The summed E-state index contributed by atoms with van der Waals surface area (Å²) in [5.74, 6) is -0.828. The molecular formula is C40H41N5O9. The third-order valence-corrected chi connectivity index (χ3v) is 9.24. The molecule has 1 aliphatic heterocycles. The van der Waals surface area contributed by atoms with Crippen LogP contribution in [0, 0.1) is 0 Å². The van der Waals surface area contributed by atoms with Crippen LogP contribution in [0.3, 0.4) is 0 Å². The lowest BCUT2D eigenvalue weighted by Crippen LogP contribution is -2.40. The van der Waals surface area contributed by atoms with Crippen molar-refractivity contribution in [3.63, 3.8) is 0 Å². The van der Waals surface area contributed by atoms with Gasteiger partial charge in [-0.15, -0.1) is 0 Å². The highest BCUT2D eigenvalue weighted by atomic mass is 16.6. The number of anilines is 1. The quantitative estimate of drug-likeness (QED) is 0.105. The predicted molar refractivity (Wildman–Crippen MR) is 195 cm³/mol. The van der Waals surface area contributed by atoms with Crippen molar-refractivity contribution in [3.05, 3.63) is 114 Å². The molecule has 0 saturated carbocycles. The molecule has 0 amide bonds. The number of benzene rings is 3. The van der Waals surface area contributed by atoms with Crippen LogP contribution in [0.1, 0.15) is 62.4 Å². The van der Waals surface area contributed by atoms with Crippen molar-refractivity contribution in [2.45, 2.75) is 69.6 Å². The van der Waals surface area contributed by atoms with E-state index in [0.29, 0.717) is 17.1 Å². The summed E-state index contributed by atoms with van der Waals surface area (Å²) in [6, 6.07) is 27.5. The number of aliphatic hydroxyl groups is 1. The Hall–Kier alpha value is -5.99. The van der Waals surface area contributed by atoms with Crippen LogP contribution in [0.25, 0.3) is 11.2 Å². The number of fused-ring (bicyclic) bond motifs is 1. The van der Waals surface area contributed by atoms with E-state index in [1.807, 2.05) is 84.9 Å². The van der Waals surface area contributed by atoms with E-state index < -0.39 is 48.6 Å². The summed E-state index contributed by atoms with van der Waals surface area (Å²) in [6.45, 7) is 2.13. The van der Waals surface area contributed by atoms with E-state index in [4.69, 9.17) is 23.9 Å². The van der Waals surface area contributed by atoms with Crippen molar-refractivity contribution in [2.24, 2.45) is 0 Å². The third kappa shape index (κ3) is 7.99. The highest BCUT2D eigenvalue weighted by Crippen LogP contribution is 2.42. The van der Waals surface area contributed by atoms with Gasteiger partial charge in [-0.3, -0.25) is 14.2 Å². The predicted octanol–water partition coefficient (Wildman–Crippen LogP) is 4.69. The van der Waals surface area contributed by atoms with Crippen molar-refractivity contribution in [2.75, 3.05) is 19.0 Å². The molecule has 6 rings (SSSR count). The lowest BCUT2D eigenvalue weighted by molar-refractivity contribution is -0.169. The summed E-state index contributed by atoms with van der Waals surface area (Å²) in [7, 11) is 1.61. The maximum atomic E-state index is 13.0. The topological polar surface area (TPSA) is 181 Å². The fraction of sp³-hybridized carbons (Fsp3) is 0.325. The van der Waals surface area contributed by atoms with Gasteiger partial charge in [-0.05, 0) is 42.7 Å². The van der Waals surface area contributed by atoms with Gasteiger partial charge in [-0.2, -0.15) is 0 Å². The Morgan fingerprint density at radius 2 is 1.31 bits per heavy atom. The molecule has 0 unspecified atom stereocenters. The van der Waals surface area contributed by atoms with Crippen molar-refractivity contribution in [3.8, 4) is 5.75 Å². The number of carbonyl (C=O) groups excluding carboxylic acids is 4. The number of imidazole rings is 1. The average molecular weight is 736 g/mol. The molecule has 1 fully saturated rings. The summed E-state index contributed by atoms with van der Waals surface area (Å²) in [5, 5.41) is 14.0. The fourth-order valence-corrected chi connectivity index (χ4v) is 6.57. The average Bonchev–Trinajstić information content (AvgIpc) is 3.77. The summed E-state index contributed by atoms with van der Waals surface area (Å²) in [6.07, 6.45) is -2.55. The van der Waals surface area contributed by atoms with E-state index in [0.717, 1.165) is 16.7 Å². The van der Waals surface area contributed by atoms with Gasteiger partial charge in [0.15, 0.2) is 35.4 Å². The second kappa shape index (κ2) is 16.8. The molecule has 0 bridgehead atoms. The molecule has 3 aromatic carbocycles. The van der Waals surface area contributed by atoms with Crippen molar-refractivity contribution in [1.82, 2.24) is 19.5 Å². The van der Waals surface area contributed by atoms with Gasteiger partial charge in [0.25, 0.3) is 0 Å². The number of carbonyl (C=O) groups is 4. The van der Waals surface area contributed by atoms with Gasteiger partial charge >= 0.3 is 11.9 Å². The van der Waals surface area contributed by atoms with E-state index in [2.05, 4.69) is 15.3 Å². The minimum absolute atomic E-state index is 0.0501. The first-order valence-corrected chi connectivity index (χ1v) is 17.5. The summed E-state index contributed by atoms with van der Waals surface area (Å²) in [5.41, 5.74) is 2.32. The van der Waals surface area contributed by atoms with E-state index >= 15 is 0 Å². The molecule has 14 heteroatoms. The van der Waals surface area contributed by atoms with Crippen LogP contribution in [0.2, 0.25) is 0 Å². The molecule has 3 heterocycles. The van der Waals surface area contributed by atoms with Gasteiger partial charge < -0.3 is 39.0 Å². The Kier molecular flexibility index (Phi) is 11.7. The fourth-order valence-electron chi connectivity index (χ4n) is 6.57. The minimum Gasteiger partial charge on any atom is -0.497 e. The SMILES string of the molecule is COc1ccc(C(Nc2ncnc3c2ncn3[C@@H]2O[C@H](CO)[C@@H](OC(=O)CCC(C)=O)[C@H]2OC(=O)CCC(C)=O)(c2ccccc2)c2ccccc2)cc1. The zero-order chi connectivity index (χ0) is 38.2. The Labute approximate surface area is 311 Å². The summed E-state index contributed by atoms with van der Waals surface area (Å²) in [4.78, 5) is 63.0.